The SMILES string of the molecule is C=C(CCCCCCCC)C(N)=O.[Na].[Na]. The van der Waals surface area contributed by atoms with E-state index >= 15 is 0 Å². The van der Waals surface area contributed by atoms with Crippen LogP contribution in [0.4, 0.5) is 0 Å². The number of hydrogen-bond donors (Lipinski definition) is 1. The molecule has 4 heteroatoms. The van der Waals surface area contributed by atoms with E-state index in [0.29, 0.717) is 5.57 Å². The average Bonchev–Trinajstić information content (AvgIpc) is 2.10. The van der Waals surface area contributed by atoms with E-state index in [4.69, 9.17) is 5.73 Å². The molecule has 2 nitrogen and oxygen atoms in total. The summed E-state index contributed by atoms with van der Waals surface area (Å²) >= 11 is 0. The van der Waals surface area contributed by atoms with Gasteiger partial charge in [-0.05, 0) is 12.8 Å². The van der Waals surface area contributed by atoms with Crippen LogP contribution in [0.3, 0.4) is 0 Å². The summed E-state index contributed by atoms with van der Waals surface area (Å²) < 4.78 is 0. The molecule has 0 heterocycles. The number of unbranched alkanes of at least 4 members (excludes halogenated alkanes) is 5. The molecular weight excluding hydrogens is 208 g/mol. The molecule has 78 valence electrons. The molecule has 0 fully saturated rings. The zero-order valence-electron chi connectivity index (χ0n) is 10.6. The van der Waals surface area contributed by atoms with E-state index in [-0.39, 0.29) is 65.0 Å². The monoisotopic (exact) mass is 229 g/mol. The number of primary amides is 1. The van der Waals surface area contributed by atoms with Crippen LogP contribution in [0, 0.1) is 0 Å². The maximum absolute atomic E-state index is 10.6. The van der Waals surface area contributed by atoms with E-state index in [9.17, 15) is 4.79 Å². The largest absolute Gasteiger partial charge is 0.366 e. The predicted molar refractivity (Wildman–Crippen MR) is 67.8 cm³/mol. The summed E-state index contributed by atoms with van der Waals surface area (Å²) in [5.74, 6) is -0.353. The van der Waals surface area contributed by atoms with Gasteiger partial charge in [-0.25, -0.2) is 0 Å². The van der Waals surface area contributed by atoms with Crippen LogP contribution in [-0.4, -0.2) is 65.0 Å². The molecule has 0 aliphatic heterocycles. The quantitative estimate of drug-likeness (QED) is 0.386. The van der Waals surface area contributed by atoms with Crippen molar-refractivity contribution in [2.45, 2.75) is 51.9 Å². The van der Waals surface area contributed by atoms with E-state index in [2.05, 4.69) is 13.5 Å². The first-order chi connectivity index (χ1) is 6.18. The van der Waals surface area contributed by atoms with Gasteiger partial charge < -0.3 is 5.73 Å². The Bertz CT molecular complexity index is 172. The van der Waals surface area contributed by atoms with Gasteiger partial charge in [0, 0.05) is 64.7 Å². The van der Waals surface area contributed by atoms with Crippen LogP contribution in [0.2, 0.25) is 0 Å². The van der Waals surface area contributed by atoms with Crippen LogP contribution >= 0.6 is 0 Å². The number of hydrogen-bond acceptors (Lipinski definition) is 1. The third kappa shape index (κ3) is 15.2. The fraction of sp³-hybridized carbons (Fsp3) is 0.727. The Morgan fingerprint density at radius 1 is 1.07 bits per heavy atom. The van der Waals surface area contributed by atoms with Crippen molar-refractivity contribution in [3.8, 4) is 0 Å². The van der Waals surface area contributed by atoms with Crippen molar-refractivity contribution in [1.82, 2.24) is 0 Å². The number of rotatable bonds is 8. The van der Waals surface area contributed by atoms with E-state index in [1.807, 2.05) is 0 Å². The third-order valence-electron chi connectivity index (χ3n) is 2.18. The van der Waals surface area contributed by atoms with Gasteiger partial charge in [-0.15, -0.1) is 0 Å². The molecule has 0 aromatic carbocycles. The van der Waals surface area contributed by atoms with Crippen molar-refractivity contribution in [2.24, 2.45) is 5.73 Å². The molecule has 0 rings (SSSR count). The molecule has 2 N–H and O–H groups in total. The summed E-state index contributed by atoms with van der Waals surface area (Å²) in [6, 6.07) is 0. The summed E-state index contributed by atoms with van der Waals surface area (Å²) in [4.78, 5) is 10.6. The molecule has 0 unspecified atom stereocenters. The average molecular weight is 229 g/mol. The van der Waals surface area contributed by atoms with Gasteiger partial charge in [-0.2, -0.15) is 0 Å². The molecule has 0 atom stereocenters. The second-order valence-electron chi connectivity index (χ2n) is 3.49. The molecule has 0 saturated carbocycles. The minimum Gasteiger partial charge on any atom is -0.366 e. The minimum absolute atomic E-state index is 0. The zero-order chi connectivity index (χ0) is 10.1. The van der Waals surface area contributed by atoms with Crippen LogP contribution in [0.1, 0.15) is 51.9 Å². The summed E-state index contributed by atoms with van der Waals surface area (Å²) in [6.07, 6.45) is 8.16. The van der Waals surface area contributed by atoms with Gasteiger partial charge in [-0.1, -0.05) is 45.6 Å². The number of nitrogens with two attached hydrogens (primary N) is 1. The van der Waals surface area contributed by atoms with E-state index in [1.165, 1.54) is 32.1 Å². The molecular formula is C11H21NNa2O. The second-order valence-corrected chi connectivity index (χ2v) is 3.49. The number of amides is 1. The normalized spacial score (nSPS) is 8.60. The van der Waals surface area contributed by atoms with Gasteiger partial charge >= 0.3 is 0 Å². The van der Waals surface area contributed by atoms with E-state index in [1.54, 1.807) is 0 Å². The van der Waals surface area contributed by atoms with Gasteiger partial charge in [0.15, 0.2) is 0 Å². The molecule has 2 radical (unpaired) electrons. The van der Waals surface area contributed by atoms with Crippen LogP contribution in [0.25, 0.3) is 0 Å². The Morgan fingerprint density at radius 2 is 1.53 bits per heavy atom. The molecule has 0 aromatic heterocycles. The first-order valence-electron chi connectivity index (χ1n) is 5.16. The van der Waals surface area contributed by atoms with Crippen LogP contribution < -0.4 is 5.73 Å². The van der Waals surface area contributed by atoms with Crippen molar-refractivity contribution >= 4 is 65.0 Å². The first-order valence-corrected chi connectivity index (χ1v) is 5.16. The van der Waals surface area contributed by atoms with Gasteiger partial charge in [0.05, 0.1) is 0 Å². The Balaban J connectivity index is -0.000000720. The molecule has 1 amide bonds. The first kappa shape index (κ1) is 21.5. The minimum atomic E-state index is -0.353. The number of carbonyl (C=O) groups excluding carboxylic acids is 1. The Morgan fingerprint density at radius 3 is 2.00 bits per heavy atom. The van der Waals surface area contributed by atoms with Crippen molar-refractivity contribution in [3.63, 3.8) is 0 Å². The zero-order valence-corrected chi connectivity index (χ0v) is 14.6. The van der Waals surface area contributed by atoms with Crippen LogP contribution in [0.15, 0.2) is 12.2 Å². The molecule has 0 spiro atoms. The Kier molecular flexibility index (Phi) is 21.8. The fourth-order valence-electron chi connectivity index (χ4n) is 1.24. The van der Waals surface area contributed by atoms with E-state index in [0.717, 1.165) is 12.8 Å². The molecule has 0 bridgehead atoms. The maximum Gasteiger partial charge on any atom is 0.244 e. The van der Waals surface area contributed by atoms with Crippen molar-refractivity contribution in [1.29, 1.82) is 0 Å². The van der Waals surface area contributed by atoms with Crippen molar-refractivity contribution in [2.75, 3.05) is 0 Å². The summed E-state index contributed by atoms with van der Waals surface area (Å²) in [5.41, 5.74) is 5.63. The summed E-state index contributed by atoms with van der Waals surface area (Å²) in [5, 5.41) is 0. The third-order valence-corrected chi connectivity index (χ3v) is 2.18. The van der Waals surface area contributed by atoms with Gasteiger partial charge in [0.25, 0.3) is 0 Å². The van der Waals surface area contributed by atoms with Crippen LogP contribution in [-0.2, 0) is 4.79 Å². The standard InChI is InChI=1S/C11H21NO.2Na/c1-3-4-5-6-7-8-9-10(2)11(12)13;;/h2-9H2,1H3,(H2,12,13);;. The molecule has 0 aromatic rings. The Hall–Kier alpha value is 1.21. The van der Waals surface area contributed by atoms with E-state index < -0.39 is 0 Å². The summed E-state index contributed by atoms with van der Waals surface area (Å²) in [6.45, 7) is 5.82. The smallest absolute Gasteiger partial charge is 0.244 e. The maximum atomic E-state index is 10.6. The topological polar surface area (TPSA) is 43.1 Å². The van der Waals surface area contributed by atoms with Crippen LogP contribution in [0.5, 0.6) is 0 Å². The van der Waals surface area contributed by atoms with Gasteiger partial charge in [0.1, 0.15) is 0 Å². The molecule has 15 heavy (non-hydrogen) atoms. The van der Waals surface area contributed by atoms with Crippen molar-refractivity contribution < 1.29 is 4.79 Å². The molecule has 0 aliphatic carbocycles. The van der Waals surface area contributed by atoms with Crippen molar-refractivity contribution in [3.05, 3.63) is 12.2 Å². The molecule has 0 saturated heterocycles. The fourth-order valence-corrected chi connectivity index (χ4v) is 1.24. The second kappa shape index (κ2) is 15.2. The Labute approximate surface area is 138 Å². The summed E-state index contributed by atoms with van der Waals surface area (Å²) in [7, 11) is 0. The predicted octanol–water partition coefficient (Wildman–Crippen LogP) is 2.02. The van der Waals surface area contributed by atoms with Gasteiger partial charge in [-0.3, -0.25) is 4.79 Å². The number of carbonyl (C=O) groups is 1. The molecule has 0 aliphatic rings. The van der Waals surface area contributed by atoms with Gasteiger partial charge in [0.2, 0.25) is 5.91 Å².